The van der Waals surface area contributed by atoms with Gasteiger partial charge < -0.3 is 20.1 Å². The number of carbonyl (C=O) groups is 2. The molecule has 0 radical (unpaired) electrons. The Morgan fingerprint density at radius 3 is 2.36 bits per heavy atom. The third-order valence-corrected chi connectivity index (χ3v) is 6.77. The van der Waals surface area contributed by atoms with Crippen LogP contribution in [0.15, 0.2) is 71.8 Å². The summed E-state index contributed by atoms with van der Waals surface area (Å²) in [6, 6.07) is 17.7. The van der Waals surface area contributed by atoms with Crippen molar-refractivity contribution in [1.29, 1.82) is 5.26 Å². The first kappa shape index (κ1) is 29.7. The average molecular weight is 564 g/mol. The topological polar surface area (TPSA) is 133 Å². The molecule has 0 bridgehead atoms. The first-order valence-corrected chi connectivity index (χ1v) is 13.3. The minimum absolute atomic E-state index is 0.0162. The summed E-state index contributed by atoms with van der Waals surface area (Å²) in [4.78, 5) is 48.7. The van der Waals surface area contributed by atoms with Crippen molar-refractivity contribution < 1.29 is 9.59 Å². The molecule has 0 spiro atoms. The molecular formula is C32H33N7O3. The fourth-order valence-electron chi connectivity index (χ4n) is 4.26. The summed E-state index contributed by atoms with van der Waals surface area (Å²) in [6.45, 7) is 8.06. The molecule has 0 aliphatic rings. The molecule has 10 nitrogen and oxygen atoms in total. The van der Waals surface area contributed by atoms with Crippen LogP contribution in [-0.2, 0) is 12.5 Å². The maximum atomic E-state index is 13.0. The smallest absolute Gasteiger partial charge is 0.293 e. The van der Waals surface area contributed by atoms with Gasteiger partial charge in [-0.05, 0) is 55.0 Å². The van der Waals surface area contributed by atoms with Crippen molar-refractivity contribution in [3.8, 4) is 17.3 Å². The predicted molar refractivity (Wildman–Crippen MR) is 163 cm³/mol. The minimum Gasteiger partial charge on any atom is -0.336 e. The van der Waals surface area contributed by atoms with Crippen molar-refractivity contribution >= 4 is 29.0 Å². The zero-order valence-electron chi connectivity index (χ0n) is 24.5. The Morgan fingerprint density at radius 2 is 1.74 bits per heavy atom. The third-order valence-electron chi connectivity index (χ3n) is 6.77. The SMILES string of the molecule is Cc1c(NC(=O)c2ccc(C(C)(C)C)nc2)cccc1-c1cn(C)c(=O)c(Nc2ccc(C(=O)N(C)CC#N)cc2)n1. The van der Waals surface area contributed by atoms with Crippen molar-refractivity contribution in [2.45, 2.75) is 33.1 Å². The standard InChI is InChI=1S/C32H33N7O3/c1-20-24(8-7-9-25(20)37-29(40)22-12-15-27(34-18-22)32(2,3)4)26-19-39(6)31(42)28(36-26)35-23-13-10-21(11-14-23)30(41)38(5)17-16-33/h7-15,18-19H,17H2,1-6H3,(H,35,36)(H,37,40). The minimum atomic E-state index is -0.332. The fraction of sp³-hybridized carbons (Fsp3) is 0.250. The molecule has 0 saturated heterocycles. The van der Waals surface area contributed by atoms with Crippen LogP contribution in [0.25, 0.3) is 11.3 Å². The van der Waals surface area contributed by atoms with Crippen LogP contribution in [0.5, 0.6) is 0 Å². The maximum Gasteiger partial charge on any atom is 0.293 e. The summed E-state index contributed by atoms with van der Waals surface area (Å²) >= 11 is 0. The van der Waals surface area contributed by atoms with Crippen molar-refractivity contribution in [3.63, 3.8) is 0 Å². The van der Waals surface area contributed by atoms with Crippen molar-refractivity contribution in [2.75, 3.05) is 24.2 Å². The van der Waals surface area contributed by atoms with Gasteiger partial charge in [0.2, 0.25) is 0 Å². The number of aryl methyl sites for hydroxylation is 1. The Labute approximate surface area is 244 Å². The Bertz CT molecular complexity index is 1730. The lowest BCUT2D eigenvalue weighted by molar-refractivity contribution is 0.0811. The maximum absolute atomic E-state index is 13.0. The third kappa shape index (κ3) is 6.53. The van der Waals surface area contributed by atoms with Gasteiger partial charge in [-0.15, -0.1) is 0 Å². The summed E-state index contributed by atoms with van der Waals surface area (Å²) in [5.74, 6) is -0.450. The fourth-order valence-corrected chi connectivity index (χ4v) is 4.26. The van der Waals surface area contributed by atoms with Gasteiger partial charge in [0.05, 0.1) is 17.3 Å². The monoisotopic (exact) mass is 563 g/mol. The van der Waals surface area contributed by atoms with Gasteiger partial charge >= 0.3 is 0 Å². The van der Waals surface area contributed by atoms with Crippen molar-refractivity contribution in [3.05, 3.63) is 99.7 Å². The van der Waals surface area contributed by atoms with Crippen molar-refractivity contribution in [2.24, 2.45) is 7.05 Å². The molecule has 214 valence electrons. The number of rotatable bonds is 7. The normalized spacial score (nSPS) is 11.0. The molecule has 2 N–H and O–H groups in total. The number of nitrogens with zero attached hydrogens (tertiary/aromatic N) is 5. The number of nitrogens with one attached hydrogen (secondary N) is 2. The molecule has 0 aliphatic heterocycles. The number of hydrogen-bond donors (Lipinski definition) is 2. The molecule has 0 saturated carbocycles. The van der Waals surface area contributed by atoms with Gasteiger partial charge in [-0.2, -0.15) is 5.26 Å². The molecule has 42 heavy (non-hydrogen) atoms. The highest BCUT2D eigenvalue weighted by Gasteiger charge is 2.18. The van der Waals surface area contributed by atoms with Crippen molar-refractivity contribution in [1.82, 2.24) is 19.4 Å². The van der Waals surface area contributed by atoms with E-state index in [9.17, 15) is 14.4 Å². The van der Waals surface area contributed by atoms with E-state index < -0.39 is 0 Å². The van der Waals surface area contributed by atoms with Crippen LogP contribution in [0, 0.1) is 18.3 Å². The van der Waals surface area contributed by atoms with Crippen LogP contribution in [0.2, 0.25) is 0 Å². The zero-order chi connectivity index (χ0) is 30.6. The molecule has 2 aromatic heterocycles. The van der Waals surface area contributed by atoms with Gasteiger partial charge in [0.1, 0.15) is 6.54 Å². The number of anilines is 3. The van der Waals surface area contributed by atoms with E-state index in [4.69, 9.17) is 5.26 Å². The number of benzene rings is 2. The molecule has 2 aromatic carbocycles. The van der Waals surface area contributed by atoms with E-state index in [-0.39, 0.29) is 35.2 Å². The molecule has 0 atom stereocenters. The summed E-state index contributed by atoms with van der Waals surface area (Å²) in [5, 5.41) is 14.8. The van der Waals surface area contributed by atoms with E-state index in [1.54, 1.807) is 56.8 Å². The second kappa shape index (κ2) is 12.1. The van der Waals surface area contributed by atoms with Gasteiger partial charge in [-0.1, -0.05) is 32.9 Å². The molecule has 4 rings (SSSR count). The number of carbonyl (C=O) groups excluding carboxylic acids is 2. The van der Waals surface area contributed by atoms with Gasteiger partial charge in [0, 0.05) is 60.1 Å². The van der Waals surface area contributed by atoms with Gasteiger partial charge in [-0.3, -0.25) is 19.4 Å². The molecule has 0 unspecified atom stereocenters. The van der Waals surface area contributed by atoms with E-state index in [1.807, 2.05) is 37.3 Å². The largest absolute Gasteiger partial charge is 0.336 e. The number of hydrogen-bond acceptors (Lipinski definition) is 7. The highest BCUT2D eigenvalue weighted by Crippen LogP contribution is 2.28. The summed E-state index contributed by atoms with van der Waals surface area (Å²) in [7, 11) is 3.20. The Hall–Kier alpha value is -5.30. The van der Waals surface area contributed by atoms with E-state index in [2.05, 4.69) is 41.4 Å². The first-order valence-electron chi connectivity index (χ1n) is 13.3. The highest BCUT2D eigenvalue weighted by molar-refractivity contribution is 6.05. The lowest BCUT2D eigenvalue weighted by Gasteiger charge is -2.18. The Morgan fingerprint density at radius 1 is 1.05 bits per heavy atom. The molecule has 0 aliphatic carbocycles. The second-order valence-corrected chi connectivity index (χ2v) is 11.0. The Balaban J connectivity index is 1.58. The van der Waals surface area contributed by atoms with Crippen LogP contribution < -0.4 is 16.2 Å². The summed E-state index contributed by atoms with van der Waals surface area (Å²) < 4.78 is 1.44. The first-order chi connectivity index (χ1) is 19.9. The molecule has 2 amide bonds. The Kier molecular flexibility index (Phi) is 8.52. The number of nitriles is 1. The van der Waals surface area contributed by atoms with E-state index >= 15 is 0 Å². The van der Waals surface area contributed by atoms with E-state index in [1.165, 1.54) is 9.47 Å². The van der Waals surface area contributed by atoms with Crippen LogP contribution in [-0.4, -0.2) is 44.8 Å². The van der Waals surface area contributed by atoms with Crippen LogP contribution in [0.3, 0.4) is 0 Å². The van der Waals surface area contributed by atoms with Gasteiger partial charge in [0.25, 0.3) is 17.4 Å². The summed E-state index contributed by atoms with van der Waals surface area (Å²) in [6.07, 6.45) is 3.22. The summed E-state index contributed by atoms with van der Waals surface area (Å²) in [5.41, 5.74) is 4.57. The van der Waals surface area contributed by atoms with Crippen LogP contribution in [0.1, 0.15) is 52.7 Å². The molecule has 0 fully saturated rings. The van der Waals surface area contributed by atoms with E-state index in [0.29, 0.717) is 28.2 Å². The molecule has 2 heterocycles. The lowest BCUT2D eigenvalue weighted by Crippen LogP contribution is -2.26. The molecule has 4 aromatic rings. The molecule has 10 heteroatoms. The molecular weight excluding hydrogens is 530 g/mol. The predicted octanol–water partition coefficient (Wildman–Crippen LogP) is 5.04. The van der Waals surface area contributed by atoms with Gasteiger partial charge in [-0.25, -0.2) is 4.98 Å². The van der Waals surface area contributed by atoms with Crippen LogP contribution in [0.4, 0.5) is 17.2 Å². The second-order valence-electron chi connectivity index (χ2n) is 11.0. The lowest BCUT2D eigenvalue weighted by atomic mass is 9.91. The number of amides is 2. The highest BCUT2D eigenvalue weighted by atomic mass is 16.2. The number of aromatic nitrogens is 3. The van der Waals surface area contributed by atoms with Crippen LogP contribution >= 0.6 is 0 Å². The van der Waals surface area contributed by atoms with E-state index in [0.717, 1.165) is 16.8 Å². The zero-order valence-corrected chi connectivity index (χ0v) is 24.5. The quantitative estimate of drug-likeness (QED) is 0.301. The number of pyridine rings is 1. The van der Waals surface area contributed by atoms with Gasteiger partial charge in [0.15, 0.2) is 5.82 Å². The average Bonchev–Trinajstić information content (AvgIpc) is 2.96.